The first-order chi connectivity index (χ1) is 15.5. The number of rotatable bonds is 8. The van der Waals surface area contributed by atoms with Gasteiger partial charge in [0.05, 0.1) is 6.61 Å². The molecular weight excluding hydrogens is 426 g/mol. The third-order valence-corrected chi connectivity index (χ3v) is 5.81. The number of anilines is 1. The van der Waals surface area contributed by atoms with Crippen LogP contribution in [0.5, 0.6) is 0 Å². The zero-order valence-corrected chi connectivity index (χ0v) is 18.6. The summed E-state index contributed by atoms with van der Waals surface area (Å²) in [6, 6.07) is 13.1. The van der Waals surface area contributed by atoms with E-state index in [1.54, 1.807) is 31.4 Å². The summed E-state index contributed by atoms with van der Waals surface area (Å²) in [7, 11) is 1.55. The van der Waals surface area contributed by atoms with Gasteiger partial charge in [0.2, 0.25) is 5.01 Å². The minimum atomic E-state index is -0.378. The molecule has 0 fully saturated rings. The highest BCUT2D eigenvalue weighted by Crippen LogP contribution is 2.20. The van der Waals surface area contributed by atoms with E-state index in [2.05, 4.69) is 50.9 Å². The maximum absolute atomic E-state index is 12.6. The van der Waals surface area contributed by atoms with E-state index in [1.165, 1.54) is 22.3 Å². The van der Waals surface area contributed by atoms with Gasteiger partial charge in [-0.05, 0) is 49.2 Å². The number of fused-ring (bicyclic) bond motifs is 1. The van der Waals surface area contributed by atoms with Crippen LogP contribution in [0.3, 0.4) is 0 Å². The standard InChI is InChI=1S/C23H23N5O3S/c1-14-6-7-19-18(10-14)16(12-25-19)8-9-24-21(29)15-4-3-5-17(11-15)26-22(30)23-28-27-20(32-23)13-31-2/h3-7,10-12,25H,8-9,13H2,1-2H3,(H,24,29)(H,26,30). The van der Waals surface area contributed by atoms with Crippen LogP contribution < -0.4 is 10.6 Å². The molecule has 3 N–H and O–H groups in total. The van der Waals surface area contributed by atoms with Crippen molar-refractivity contribution in [1.82, 2.24) is 20.5 Å². The molecule has 0 radical (unpaired) electrons. The molecule has 0 aliphatic rings. The fraction of sp³-hybridized carbons (Fsp3) is 0.217. The van der Waals surface area contributed by atoms with Gasteiger partial charge in [0.15, 0.2) is 0 Å². The van der Waals surface area contributed by atoms with Crippen molar-refractivity contribution in [2.75, 3.05) is 19.0 Å². The van der Waals surface area contributed by atoms with Crippen molar-refractivity contribution < 1.29 is 14.3 Å². The van der Waals surface area contributed by atoms with E-state index in [0.29, 0.717) is 35.8 Å². The summed E-state index contributed by atoms with van der Waals surface area (Å²) in [4.78, 5) is 28.3. The Morgan fingerprint density at radius 2 is 2.00 bits per heavy atom. The van der Waals surface area contributed by atoms with Gasteiger partial charge < -0.3 is 20.4 Å². The Morgan fingerprint density at radius 3 is 2.84 bits per heavy atom. The number of aromatic amines is 1. The normalized spacial score (nSPS) is 10.9. The van der Waals surface area contributed by atoms with Gasteiger partial charge in [0.25, 0.3) is 11.8 Å². The number of methoxy groups -OCH3 is 1. The first-order valence-electron chi connectivity index (χ1n) is 10.1. The summed E-state index contributed by atoms with van der Waals surface area (Å²) >= 11 is 1.17. The number of carbonyl (C=O) groups is 2. The predicted octanol–water partition coefficient (Wildman–Crippen LogP) is 3.70. The lowest BCUT2D eigenvalue weighted by atomic mass is 10.1. The van der Waals surface area contributed by atoms with Crippen LogP contribution in [-0.2, 0) is 17.8 Å². The van der Waals surface area contributed by atoms with Crippen molar-refractivity contribution in [3.8, 4) is 0 Å². The average Bonchev–Trinajstić information content (AvgIpc) is 3.41. The Morgan fingerprint density at radius 1 is 1.12 bits per heavy atom. The Bertz CT molecular complexity index is 1260. The Balaban J connectivity index is 1.35. The summed E-state index contributed by atoms with van der Waals surface area (Å²) in [5.41, 5.74) is 4.43. The number of hydrogen-bond donors (Lipinski definition) is 3. The zero-order valence-electron chi connectivity index (χ0n) is 17.8. The van der Waals surface area contributed by atoms with Crippen LogP contribution in [0.2, 0.25) is 0 Å². The zero-order chi connectivity index (χ0) is 22.5. The summed E-state index contributed by atoms with van der Waals surface area (Å²) in [6.07, 6.45) is 2.70. The second-order valence-electron chi connectivity index (χ2n) is 7.34. The van der Waals surface area contributed by atoms with Crippen molar-refractivity contribution in [3.05, 3.63) is 75.4 Å². The number of aryl methyl sites for hydroxylation is 1. The maximum Gasteiger partial charge on any atom is 0.286 e. The number of H-pyrrole nitrogens is 1. The Kier molecular flexibility index (Phi) is 6.58. The van der Waals surface area contributed by atoms with E-state index in [-0.39, 0.29) is 16.8 Å². The molecule has 4 aromatic rings. The lowest BCUT2D eigenvalue weighted by molar-refractivity contribution is 0.0952. The first kappa shape index (κ1) is 21.7. The van der Waals surface area contributed by atoms with Crippen LogP contribution in [0.25, 0.3) is 10.9 Å². The predicted molar refractivity (Wildman–Crippen MR) is 124 cm³/mol. The Hall–Kier alpha value is -3.56. The molecule has 164 valence electrons. The summed E-state index contributed by atoms with van der Waals surface area (Å²) in [5.74, 6) is -0.576. The third kappa shape index (κ3) is 5.01. The molecule has 2 amide bonds. The molecule has 2 aromatic carbocycles. The van der Waals surface area contributed by atoms with E-state index in [1.807, 2.05) is 6.20 Å². The molecule has 0 aliphatic heterocycles. The quantitative estimate of drug-likeness (QED) is 0.380. The van der Waals surface area contributed by atoms with Gasteiger partial charge in [-0.3, -0.25) is 9.59 Å². The number of hydrogen-bond acceptors (Lipinski definition) is 6. The van der Waals surface area contributed by atoms with E-state index < -0.39 is 0 Å². The number of amides is 2. The van der Waals surface area contributed by atoms with Crippen LogP contribution in [-0.4, -0.2) is 40.7 Å². The van der Waals surface area contributed by atoms with Gasteiger partial charge >= 0.3 is 0 Å². The van der Waals surface area contributed by atoms with Crippen LogP contribution in [0, 0.1) is 6.92 Å². The van der Waals surface area contributed by atoms with Gasteiger partial charge in [0.1, 0.15) is 5.01 Å². The molecule has 9 heteroatoms. The van der Waals surface area contributed by atoms with Gasteiger partial charge in [-0.1, -0.05) is 29.0 Å². The van der Waals surface area contributed by atoms with E-state index in [4.69, 9.17) is 4.74 Å². The monoisotopic (exact) mass is 449 g/mol. The van der Waals surface area contributed by atoms with Crippen molar-refractivity contribution in [1.29, 1.82) is 0 Å². The van der Waals surface area contributed by atoms with Crippen molar-refractivity contribution in [2.24, 2.45) is 0 Å². The largest absolute Gasteiger partial charge is 0.377 e. The van der Waals surface area contributed by atoms with Crippen molar-refractivity contribution in [3.63, 3.8) is 0 Å². The SMILES string of the molecule is COCc1nnc(C(=O)Nc2cccc(C(=O)NCCc3c[nH]c4ccc(C)cc34)c2)s1. The summed E-state index contributed by atoms with van der Waals surface area (Å²) in [6.45, 7) is 2.87. The molecule has 0 saturated carbocycles. The van der Waals surface area contributed by atoms with Gasteiger partial charge in [-0.2, -0.15) is 0 Å². The highest BCUT2D eigenvalue weighted by Gasteiger charge is 2.14. The van der Waals surface area contributed by atoms with Crippen LogP contribution in [0.1, 0.15) is 36.3 Å². The highest BCUT2D eigenvalue weighted by molar-refractivity contribution is 7.13. The van der Waals surface area contributed by atoms with Crippen molar-refractivity contribution >= 4 is 39.7 Å². The second-order valence-corrected chi connectivity index (χ2v) is 8.40. The van der Waals surface area contributed by atoms with Gasteiger partial charge in [-0.25, -0.2) is 0 Å². The van der Waals surface area contributed by atoms with Crippen molar-refractivity contribution in [2.45, 2.75) is 20.0 Å². The van der Waals surface area contributed by atoms with Gasteiger partial charge in [0, 0.05) is 42.0 Å². The topological polar surface area (TPSA) is 109 Å². The highest BCUT2D eigenvalue weighted by atomic mass is 32.1. The molecular formula is C23H23N5O3S. The number of benzene rings is 2. The number of carbonyl (C=O) groups excluding carboxylic acids is 2. The lowest BCUT2D eigenvalue weighted by Gasteiger charge is -2.08. The minimum Gasteiger partial charge on any atom is -0.377 e. The summed E-state index contributed by atoms with van der Waals surface area (Å²) < 4.78 is 4.99. The van der Waals surface area contributed by atoms with Crippen LogP contribution >= 0.6 is 11.3 Å². The smallest absolute Gasteiger partial charge is 0.286 e. The Labute approximate surface area is 189 Å². The molecule has 0 bridgehead atoms. The minimum absolute atomic E-state index is 0.199. The van der Waals surface area contributed by atoms with Crippen LogP contribution in [0.15, 0.2) is 48.7 Å². The third-order valence-electron chi connectivity index (χ3n) is 4.91. The van der Waals surface area contributed by atoms with E-state index in [9.17, 15) is 9.59 Å². The second kappa shape index (κ2) is 9.71. The lowest BCUT2D eigenvalue weighted by Crippen LogP contribution is -2.25. The maximum atomic E-state index is 12.6. The molecule has 4 rings (SSSR count). The molecule has 2 aromatic heterocycles. The molecule has 0 spiro atoms. The molecule has 2 heterocycles. The van der Waals surface area contributed by atoms with E-state index >= 15 is 0 Å². The fourth-order valence-electron chi connectivity index (χ4n) is 3.36. The molecule has 0 saturated heterocycles. The number of ether oxygens (including phenoxy) is 1. The van der Waals surface area contributed by atoms with Gasteiger partial charge in [-0.15, -0.1) is 10.2 Å². The van der Waals surface area contributed by atoms with Crippen LogP contribution in [0.4, 0.5) is 5.69 Å². The number of nitrogens with one attached hydrogen (secondary N) is 3. The molecule has 0 atom stereocenters. The average molecular weight is 450 g/mol. The molecule has 32 heavy (non-hydrogen) atoms. The summed E-state index contributed by atoms with van der Waals surface area (Å²) in [5, 5.41) is 15.5. The number of nitrogens with zero attached hydrogens (tertiary/aromatic N) is 2. The number of aromatic nitrogens is 3. The molecule has 8 nitrogen and oxygen atoms in total. The molecule has 0 unspecified atom stereocenters. The fourth-order valence-corrected chi connectivity index (χ4v) is 4.07. The first-order valence-corrected chi connectivity index (χ1v) is 10.9. The van der Waals surface area contributed by atoms with E-state index in [0.717, 1.165) is 11.1 Å². The molecule has 0 aliphatic carbocycles.